The van der Waals surface area contributed by atoms with Gasteiger partial charge in [-0.2, -0.15) is 0 Å². The summed E-state index contributed by atoms with van der Waals surface area (Å²) >= 11 is 0. The third kappa shape index (κ3) is 5.06. The largest absolute Gasteiger partial charge is 0.494 e. The van der Waals surface area contributed by atoms with Crippen LogP contribution in [0.5, 0.6) is 5.75 Å². The van der Waals surface area contributed by atoms with Crippen LogP contribution in [0.1, 0.15) is 37.3 Å². The Kier molecular flexibility index (Phi) is 6.53. The van der Waals surface area contributed by atoms with E-state index in [9.17, 15) is 4.79 Å². The van der Waals surface area contributed by atoms with Gasteiger partial charge in [-0.3, -0.25) is 10.2 Å². The summed E-state index contributed by atoms with van der Waals surface area (Å²) in [4.78, 5) is 18.1. The molecule has 164 valence electrons. The summed E-state index contributed by atoms with van der Waals surface area (Å²) in [5.41, 5.74) is 6.72. The maximum absolute atomic E-state index is 13.3. The van der Waals surface area contributed by atoms with E-state index in [1.54, 1.807) is 0 Å². The number of hydrogen-bond donors (Lipinski definition) is 3. The Bertz CT molecular complexity index is 912. The van der Waals surface area contributed by atoms with Gasteiger partial charge in [-0.15, -0.1) is 0 Å². The van der Waals surface area contributed by atoms with Crippen molar-refractivity contribution in [1.29, 1.82) is 0 Å². The zero-order valence-corrected chi connectivity index (χ0v) is 17.7. The van der Waals surface area contributed by atoms with E-state index < -0.39 is 11.6 Å². The zero-order chi connectivity index (χ0) is 21.7. The number of carbonyl (C=O) groups excluding carboxylic acids is 1. The Labute approximate surface area is 182 Å². The van der Waals surface area contributed by atoms with Gasteiger partial charge in [0.25, 0.3) is 5.91 Å². The third-order valence-corrected chi connectivity index (χ3v) is 5.61. The van der Waals surface area contributed by atoms with Gasteiger partial charge >= 0.3 is 0 Å². The molecule has 2 atom stereocenters. The molecular weight excluding hydrogens is 394 g/mol. The number of benzene rings is 2. The molecule has 1 heterocycles. The molecular formula is C24H29N3O4. The van der Waals surface area contributed by atoms with Gasteiger partial charge in [0.05, 0.1) is 6.61 Å². The van der Waals surface area contributed by atoms with Crippen LogP contribution in [-0.2, 0) is 16.0 Å². The third-order valence-electron chi connectivity index (χ3n) is 5.61. The molecule has 2 aromatic carbocycles. The fourth-order valence-corrected chi connectivity index (χ4v) is 3.55. The van der Waals surface area contributed by atoms with Gasteiger partial charge in [0.15, 0.2) is 5.54 Å². The molecule has 0 radical (unpaired) electrons. The lowest BCUT2D eigenvalue weighted by atomic mass is 9.86. The van der Waals surface area contributed by atoms with Crippen molar-refractivity contribution in [3.8, 4) is 5.75 Å². The van der Waals surface area contributed by atoms with Crippen molar-refractivity contribution in [2.24, 2.45) is 4.99 Å². The van der Waals surface area contributed by atoms with E-state index in [1.165, 1.54) is 0 Å². The number of amides is 1. The number of aliphatic hydroxyl groups excluding tert-OH is 1. The molecule has 0 unspecified atom stereocenters. The Hall–Kier alpha value is -2.90. The van der Waals surface area contributed by atoms with Crippen LogP contribution in [0.2, 0.25) is 0 Å². The first kappa shape index (κ1) is 21.3. The number of rotatable bonds is 10. The first-order valence-electron chi connectivity index (χ1n) is 10.8. The molecule has 7 nitrogen and oxygen atoms in total. The molecule has 0 spiro atoms. The molecule has 1 amide bonds. The minimum atomic E-state index is -1.06. The van der Waals surface area contributed by atoms with E-state index in [4.69, 9.17) is 19.6 Å². The van der Waals surface area contributed by atoms with Crippen LogP contribution in [-0.4, -0.2) is 47.8 Å². The topological polar surface area (TPSA) is 92.2 Å². The lowest BCUT2D eigenvalue weighted by Crippen LogP contribution is -2.56. The van der Waals surface area contributed by atoms with Crippen molar-refractivity contribution in [2.45, 2.75) is 50.3 Å². The Morgan fingerprint density at radius 2 is 1.94 bits per heavy atom. The van der Waals surface area contributed by atoms with E-state index in [-0.39, 0.29) is 12.5 Å². The minimum Gasteiger partial charge on any atom is -0.494 e. The van der Waals surface area contributed by atoms with E-state index >= 15 is 0 Å². The summed E-state index contributed by atoms with van der Waals surface area (Å²) in [5.74, 6) is 0.979. The predicted molar refractivity (Wildman–Crippen MR) is 118 cm³/mol. The second-order valence-corrected chi connectivity index (χ2v) is 8.09. The molecule has 1 aliphatic carbocycles. The summed E-state index contributed by atoms with van der Waals surface area (Å²) in [6.45, 7) is 2.45. The van der Waals surface area contributed by atoms with Gasteiger partial charge in [0.1, 0.15) is 11.9 Å². The van der Waals surface area contributed by atoms with Gasteiger partial charge in [0.2, 0.25) is 5.90 Å². The van der Waals surface area contributed by atoms with Crippen LogP contribution in [0.25, 0.3) is 0 Å². The van der Waals surface area contributed by atoms with Crippen molar-refractivity contribution in [1.82, 2.24) is 10.9 Å². The van der Waals surface area contributed by atoms with E-state index in [1.807, 2.05) is 61.5 Å². The number of ether oxygens (including phenoxy) is 2. The number of aliphatic hydroxyl groups is 1. The van der Waals surface area contributed by atoms with Crippen molar-refractivity contribution in [3.63, 3.8) is 0 Å². The maximum Gasteiger partial charge on any atom is 0.266 e. The number of hydrazine groups is 1. The van der Waals surface area contributed by atoms with Crippen molar-refractivity contribution in [3.05, 3.63) is 65.7 Å². The number of aliphatic imine (C=N–C) groups is 1. The summed E-state index contributed by atoms with van der Waals surface area (Å²) in [5, 5.41) is 8.88. The standard InChI is InChI=1S/C24H29N3O4/c1-17-24(16-18-6-3-2-4-7-18,23(29)27-26-20-10-11-20)25-22(31-17)19-8-12-21(13-9-19)30-15-5-14-28/h2-4,6-9,12-13,17,20,26,28H,5,10-11,14-16H2,1H3,(H,27,29)/t17-,24-/m0/s1. The maximum atomic E-state index is 13.3. The molecule has 0 aromatic heterocycles. The van der Waals surface area contributed by atoms with Gasteiger partial charge in [0, 0.05) is 31.1 Å². The average molecular weight is 424 g/mol. The second kappa shape index (κ2) is 9.49. The Morgan fingerprint density at radius 1 is 1.19 bits per heavy atom. The molecule has 1 saturated carbocycles. The first-order chi connectivity index (χ1) is 15.1. The van der Waals surface area contributed by atoms with Crippen molar-refractivity contribution < 1.29 is 19.4 Å². The summed E-state index contributed by atoms with van der Waals surface area (Å²) in [6, 6.07) is 17.7. The monoisotopic (exact) mass is 423 g/mol. The number of carbonyl (C=O) groups is 1. The summed E-state index contributed by atoms with van der Waals surface area (Å²) in [7, 11) is 0. The van der Waals surface area contributed by atoms with Crippen molar-refractivity contribution >= 4 is 11.8 Å². The van der Waals surface area contributed by atoms with E-state index in [0.717, 1.165) is 24.0 Å². The molecule has 1 fully saturated rings. The fourth-order valence-electron chi connectivity index (χ4n) is 3.55. The van der Waals surface area contributed by atoms with Crippen LogP contribution in [0.3, 0.4) is 0 Å². The van der Waals surface area contributed by atoms with Crippen LogP contribution >= 0.6 is 0 Å². The molecule has 1 aliphatic heterocycles. The molecule has 2 aliphatic rings. The highest BCUT2D eigenvalue weighted by Gasteiger charge is 2.50. The van der Waals surface area contributed by atoms with Crippen LogP contribution < -0.4 is 15.6 Å². The van der Waals surface area contributed by atoms with Crippen molar-refractivity contribution in [2.75, 3.05) is 13.2 Å². The second-order valence-electron chi connectivity index (χ2n) is 8.09. The van der Waals surface area contributed by atoms with E-state index in [0.29, 0.717) is 37.1 Å². The molecule has 7 heteroatoms. The summed E-state index contributed by atoms with van der Waals surface area (Å²) < 4.78 is 11.7. The van der Waals surface area contributed by atoms with Gasteiger partial charge in [-0.1, -0.05) is 30.3 Å². The smallest absolute Gasteiger partial charge is 0.266 e. The number of nitrogens with one attached hydrogen (secondary N) is 2. The molecule has 31 heavy (non-hydrogen) atoms. The molecule has 3 N–H and O–H groups in total. The average Bonchev–Trinajstić information content (AvgIpc) is 3.56. The lowest BCUT2D eigenvalue weighted by molar-refractivity contribution is -0.129. The fraction of sp³-hybridized carbons (Fsp3) is 0.417. The van der Waals surface area contributed by atoms with Crippen LogP contribution in [0, 0.1) is 0 Å². The van der Waals surface area contributed by atoms with Gasteiger partial charge in [-0.25, -0.2) is 10.4 Å². The highest BCUT2D eigenvalue weighted by Crippen LogP contribution is 2.33. The minimum absolute atomic E-state index is 0.0990. The van der Waals surface area contributed by atoms with Gasteiger partial charge in [-0.05, 0) is 49.6 Å². The highest BCUT2D eigenvalue weighted by atomic mass is 16.5. The normalized spacial score (nSPS) is 22.5. The SMILES string of the molecule is C[C@@H]1OC(c2ccc(OCCCO)cc2)=N[C@]1(Cc1ccccc1)C(=O)NNC1CC1. The lowest BCUT2D eigenvalue weighted by Gasteiger charge is -2.28. The highest BCUT2D eigenvalue weighted by molar-refractivity contribution is 6.00. The van der Waals surface area contributed by atoms with Gasteiger partial charge < -0.3 is 14.6 Å². The summed E-state index contributed by atoms with van der Waals surface area (Å²) in [6.07, 6.45) is 2.74. The van der Waals surface area contributed by atoms with Crippen LogP contribution in [0.4, 0.5) is 0 Å². The first-order valence-corrected chi connectivity index (χ1v) is 10.8. The molecule has 0 bridgehead atoms. The number of nitrogens with zero attached hydrogens (tertiary/aromatic N) is 1. The molecule has 0 saturated heterocycles. The van der Waals surface area contributed by atoms with Crippen LogP contribution in [0.15, 0.2) is 59.6 Å². The zero-order valence-electron chi connectivity index (χ0n) is 17.7. The Morgan fingerprint density at radius 3 is 2.61 bits per heavy atom. The predicted octanol–water partition coefficient (Wildman–Crippen LogP) is 2.38. The van der Waals surface area contributed by atoms with E-state index in [2.05, 4.69) is 10.9 Å². The molecule has 2 aromatic rings. The Balaban J connectivity index is 1.57. The number of hydrogen-bond acceptors (Lipinski definition) is 6. The quantitative estimate of drug-likeness (QED) is 0.403. The molecule has 4 rings (SSSR count).